The summed E-state index contributed by atoms with van der Waals surface area (Å²) in [5, 5.41) is 2.34. The predicted octanol–water partition coefficient (Wildman–Crippen LogP) is 6.33. The molecule has 0 unspecified atom stereocenters. The Labute approximate surface area is 276 Å². The van der Waals surface area contributed by atoms with Crippen LogP contribution in [0.5, 0.6) is 17.2 Å². The van der Waals surface area contributed by atoms with Crippen LogP contribution in [0.4, 0.5) is 0 Å². The van der Waals surface area contributed by atoms with Crippen LogP contribution in [0.15, 0.2) is 106 Å². The fraction of sp³-hybridized carbons (Fsp3) is 0.237. The zero-order valence-corrected chi connectivity index (χ0v) is 27.8. The van der Waals surface area contributed by atoms with Gasteiger partial charge in [-0.25, -0.2) is 9.79 Å². The fourth-order valence-electron chi connectivity index (χ4n) is 5.70. The molecule has 1 aliphatic heterocycles. The van der Waals surface area contributed by atoms with Crippen molar-refractivity contribution in [2.75, 3.05) is 13.7 Å². The van der Waals surface area contributed by atoms with E-state index in [0.29, 0.717) is 44.3 Å². The fourth-order valence-corrected chi connectivity index (χ4v) is 6.75. The first-order chi connectivity index (χ1) is 22.8. The average Bonchev–Trinajstić information content (AvgIpc) is 3.37. The van der Waals surface area contributed by atoms with Crippen LogP contribution in [0.2, 0.25) is 0 Å². The Morgan fingerprint density at radius 2 is 1.77 bits per heavy atom. The van der Waals surface area contributed by atoms with Crippen LogP contribution < -0.4 is 29.1 Å². The zero-order valence-electron chi connectivity index (χ0n) is 27.0. The summed E-state index contributed by atoms with van der Waals surface area (Å²) in [6.45, 7) is 8.02. The van der Waals surface area contributed by atoms with Gasteiger partial charge in [0.25, 0.3) is 5.56 Å². The minimum Gasteiger partial charge on any atom is -0.493 e. The van der Waals surface area contributed by atoms with E-state index in [-0.39, 0.29) is 18.3 Å². The second-order valence-electron chi connectivity index (χ2n) is 11.4. The Hall–Kier alpha value is -5.15. The van der Waals surface area contributed by atoms with E-state index >= 15 is 0 Å². The van der Waals surface area contributed by atoms with Crippen molar-refractivity contribution >= 4 is 34.2 Å². The van der Waals surface area contributed by atoms with Crippen LogP contribution in [0.3, 0.4) is 0 Å². The number of ether oxygens (including phenoxy) is 4. The zero-order chi connectivity index (χ0) is 33.1. The molecule has 8 nitrogen and oxygen atoms in total. The number of methoxy groups -OCH3 is 1. The molecule has 0 saturated carbocycles. The van der Waals surface area contributed by atoms with Crippen molar-refractivity contribution in [2.45, 2.75) is 46.4 Å². The topological polar surface area (TPSA) is 88.4 Å². The summed E-state index contributed by atoms with van der Waals surface area (Å²) >= 11 is 1.28. The molecule has 0 fully saturated rings. The second kappa shape index (κ2) is 13.7. The van der Waals surface area contributed by atoms with Gasteiger partial charge in [-0.05, 0) is 85.5 Å². The molecule has 5 aromatic rings. The Morgan fingerprint density at radius 1 is 1.00 bits per heavy atom. The van der Waals surface area contributed by atoms with E-state index in [2.05, 4.69) is 29.3 Å². The lowest BCUT2D eigenvalue weighted by atomic mass is 9.95. The summed E-state index contributed by atoms with van der Waals surface area (Å²) in [5.74, 6) is 1.28. The van der Waals surface area contributed by atoms with Crippen LogP contribution in [-0.2, 0) is 16.1 Å². The highest BCUT2D eigenvalue weighted by Gasteiger charge is 2.34. The molecule has 0 bridgehead atoms. The monoisotopic (exact) mass is 648 g/mol. The van der Waals surface area contributed by atoms with Crippen LogP contribution >= 0.6 is 11.3 Å². The normalized spacial score (nSPS) is 14.6. The average molecular weight is 649 g/mol. The van der Waals surface area contributed by atoms with E-state index in [1.54, 1.807) is 37.7 Å². The van der Waals surface area contributed by atoms with Gasteiger partial charge in [-0.3, -0.25) is 9.36 Å². The Morgan fingerprint density at radius 3 is 2.51 bits per heavy atom. The molecule has 0 aliphatic carbocycles. The van der Waals surface area contributed by atoms with Crippen molar-refractivity contribution in [3.8, 4) is 17.2 Å². The first-order valence-corrected chi connectivity index (χ1v) is 16.3. The van der Waals surface area contributed by atoms with Crippen molar-refractivity contribution in [2.24, 2.45) is 4.99 Å². The van der Waals surface area contributed by atoms with Gasteiger partial charge in [-0.2, -0.15) is 0 Å². The number of carbonyl (C=O) groups excluding carboxylic acids is 1. The van der Waals surface area contributed by atoms with E-state index in [9.17, 15) is 9.59 Å². The molecule has 0 N–H and O–H groups in total. The Bertz CT molecular complexity index is 2160. The number of esters is 1. The first-order valence-electron chi connectivity index (χ1n) is 15.5. The van der Waals surface area contributed by atoms with E-state index < -0.39 is 12.0 Å². The summed E-state index contributed by atoms with van der Waals surface area (Å²) in [6, 6.07) is 26.8. The number of carbonyl (C=O) groups is 1. The second-order valence-corrected chi connectivity index (χ2v) is 12.4. The summed E-state index contributed by atoms with van der Waals surface area (Å²) in [5.41, 5.74) is 3.16. The standard InChI is InChI=1S/C38H36N2O6S/c1-6-44-37(42)34-24(4)39-38-40(35(34)27-16-19-31(46-23(2)3)32(21-27)43-5)36(41)33(47-38)20-25-14-17-29(18-15-25)45-22-28-12-9-11-26-10-7-8-13-30(26)28/h7-21,23,35H,6,22H2,1-5H3/b33-20-/t35-/m0/s1. The van der Waals surface area contributed by atoms with E-state index in [1.807, 2.05) is 68.5 Å². The van der Waals surface area contributed by atoms with Gasteiger partial charge in [0.2, 0.25) is 0 Å². The molecule has 2 heterocycles. The number of benzene rings is 4. The molecule has 0 saturated heterocycles. The minimum atomic E-state index is -0.765. The summed E-state index contributed by atoms with van der Waals surface area (Å²) in [4.78, 5) is 32.5. The number of thiazole rings is 1. The molecule has 0 radical (unpaired) electrons. The van der Waals surface area contributed by atoms with Gasteiger partial charge in [-0.1, -0.05) is 72.0 Å². The van der Waals surface area contributed by atoms with E-state index in [1.165, 1.54) is 22.1 Å². The van der Waals surface area contributed by atoms with Gasteiger partial charge in [0, 0.05) is 0 Å². The van der Waals surface area contributed by atoms with Crippen molar-refractivity contribution in [1.82, 2.24) is 4.57 Å². The minimum absolute atomic E-state index is 0.0607. The van der Waals surface area contributed by atoms with Gasteiger partial charge in [0.1, 0.15) is 12.4 Å². The maximum atomic E-state index is 14.1. The van der Waals surface area contributed by atoms with Crippen molar-refractivity contribution in [3.05, 3.63) is 133 Å². The van der Waals surface area contributed by atoms with E-state index in [0.717, 1.165) is 16.9 Å². The maximum Gasteiger partial charge on any atom is 0.338 e. The highest BCUT2D eigenvalue weighted by molar-refractivity contribution is 7.07. The third-order valence-electron chi connectivity index (χ3n) is 7.84. The molecule has 0 amide bonds. The molecule has 1 aliphatic rings. The lowest BCUT2D eigenvalue weighted by molar-refractivity contribution is -0.139. The molecule has 0 spiro atoms. The number of allylic oxidation sites excluding steroid dienone is 1. The summed E-state index contributed by atoms with van der Waals surface area (Å²) in [6.07, 6.45) is 1.77. The lowest BCUT2D eigenvalue weighted by Crippen LogP contribution is -2.40. The number of nitrogens with zero attached hydrogens (tertiary/aromatic N) is 2. The van der Waals surface area contributed by atoms with Gasteiger partial charge < -0.3 is 18.9 Å². The molecule has 1 atom stereocenters. The molecular formula is C38H36N2O6S. The molecular weight excluding hydrogens is 612 g/mol. The van der Waals surface area contributed by atoms with Crippen LogP contribution in [0, 0.1) is 0 Å². The van der Waals surface area contributed by atoms with Crippen LogP contribution in [-0.4, -0.2) is 30.4 Å². The highest BCUT2D eigenvalue weighted by atomic mass is 32.1. The number of hydrogen-bond acceptors (Lipinski definition) is 8. The van der Waals surface area contributed by atoms with Crippen LogP contribution in [0.1, 0.15) is 50.4 Å². The molecule has 9 heteroatoms. The lowest BCUT2D eigenvalue weighted by Gasteiger charge is -2.25. The van der Waals surface area contributed by atoms with Gasteiger partial charge in [0.15, 0.2) is 16.3 Å². The summed E-state index contributed by atoms with van der Waals surface area (Å²) < 4.78 is 25.1. The third kappa shape index (κ3) is 6.57. The number of fused-ring (bicyclic) bond motifs is 2. The quantitative estimate of drug-likeness (QED) is 0.165. The van der Waals surface area contributed by atoms with Gasteiger partial charge in [-0.15, -0.1) is 0 Å². The maximum absolute atomic E-state index is 14.1. The number of rotatable bonds is 10. The predicted molar refractivity (Wildman–Crippen MR) is 184 cm³/mol. The number of aromatic nitrogens is 1. The Kier molecular flexibility index (Phi) is 9.26. The van der Waals surface area contributed by atoms with Gasteiger partial charge in [0.05, 0.1) is 41.7 Å². The molecule has 4 aromatic carbocycles. The molecule has 47 heavy (non-hydrogen) atoms. The van der Waals surface area contributed by atoms with Crippen molar-refractivity contribution < 1.29 is 23.7 Å². The Balaban J connectivity index is 1.34. The smallest absolute Gasteiger partial charge is 0.338 e. The van der Waals surface area contributed by atoms with Crippen molar-refractivity contribution in [1.29, 1.82) is 0 Å². The molecule has 6 rings (SSSR count). The molecule has 240 valence electrons. The van der Waals surface area contributed by atoms with Gasteiger partial charge >= 0.3 is 5.97 Å². The highest BCUT2D eigenvalue weighted by Crippen LogP contribution is 2.36. The van der Waals surface area contributed by atoms with Crippen molar-refractivity contribution in [3.63, 3.8) is 0 Å². The van der Waals surface area contributed by atoms with E-state index in [4.69, 9.17) is 18.9 Å². The third-order valence-corrected chi connectivity index (χ3v) is 8.82. The largest absolute Gasteiger partial charge is 0.493 e. The van der Waals surface area contributed by atoms with Crippen LogP contribution in [0.25, 0.3) is 16.8 Å². The number of hydrogen-bond donors (Lipinski definition) is 0. The SMILES string of the molecule is CCOC(=O)C1=C(C)N=c2s/c(=C\c3ccc(OCc4cccc5ccccc45)cc3)c(=O)n2[C@H]1c1ccc(OC(C)C)c(OC)c1. The summed E-state index contributed by atoms with van der Waals surface area (Å²) in [7, 11) is 1.56. The first kappa shape index (κ1) is 31.8. The molecule has 1 aromatic heterocycles.